The van der Waals surface area contributed by atoms with Gasteiger partial charge in [-0.15, -0.1) is 0 Å². The van der Waals surface area contributed by atoms with Gasteiger partial charge < -0.3 is 0 Å². The fraction of sp³-hybridized carbons (Fsp3) is 0.263. The van der Waals surface area contributed by atoms with Crippen LogP contribution in [0.15, 0.2) is 38.0 Å². The standard InChI is InChI=1S/C19H19IN4O3/c1-12(19-24-14(3)18(10-22)27-19)7-15-5-4-6-16(8-15)20(26-11-25)17(9-21)13(2)23/h4-6,8,11-12H,7,23H2,1-3H3/b17-13+/t12-/m1/s1. The van der Waals surface area contributed by atoms with Crippen molar-refractivity contribution in [1.82, 2.24) is 4.98 Å². The number of nitriles is 2. The van der Waals surface area contributed by atoms with E-state index in [2.05, 4.69) is 11.1 Å². The Bertz CT molecular complexity index is 949. The number of hydrogen-bond donors (Lipinski definition) is 1. The van der Waals surface area contributed by atoms with Crippen LogP contribution in [-0.4, -0.2) is 11.5 Å². The molecule has 0 fully saturated rings. The van der Waals surface area contributed by atoms with E-state index in [0.29, 0.717) is 33.8 Å². The molecule has 27 heavy (non-hydrogen) atoms. The molecule has 0 radical (unpaired) electrons. The SMILES string of the molecule is C/C(N)=C(/C#N)I(OC=O)c1cccc(C[C@@H](C)c2nc(C)c(C#N)o2)c1. The van der Waals surface area contributed by atoms with Crippen LogP contribution in [0.1, 0.15) is 42.7 Å². The topological polar surface area (TPSA) is 126 Å². The number of halogens is 1. The summed E-state index contributed by atoms with van der Waals surface area (Å²) in [7, 11) is 0. The van der Waals surface area contributed by atoms with Crippen molar-refractivity contribution >= 4 is 26.7 Å². The van der Waals surface area contributed by atoms with Gasteiger partial charge in [0.05, 0.1) is 0 Å². The Morgan fingerprint density at radius 2 is 2.22 bits per heavy atom. The minimum absolute atomic E-state index is 0.0440. The van der Waals surface area contributed by atoms with Crippen LogP contribution in [0.2, 0.25) is 0 Å². The van der Waals surface area contributed by atoms with Crippen LogP contribution in [0.4, 0.5) is 0 Å². The number of nitrogens with two attached hydrogens (primary N) is 1. The van der Waals surface area contributed by atoms with Gasteiger partial charge in [0.1, 0.15) is 0 Å². The van der Waals surface area contributed by atoms with Crippen molar-refractivity contribution < 1.29 is 12.3 Å². The predicted molar refractivity (Wildman–Crippen MR) is 107 cm³/mol. The molecule has 2 aromatic rings. The van der Waals surface area contributed by atoms with Gasteiger partial charge in [0, 0.05) is 0 Å². The summed E-state index contributed by atoms with van der Waals surface area (Å²) in [6.45, 7) is 5.69. The van der Waals surface area contributed by atoms with Gasteiger partial charge in [0.25, 0.3) is 0 Å². The normalized spacial score (nSPS) is 13.0. The molecule has 1 aromatic heterocycles. The van der Waals surface area contributed by atoms with Crippen LogP contribution in [-0.2, 0) is 14.3 Å². The van der Waals surface area contributed by atoms with Gasteiger partial charge in [-0.05, 0) is 0 Å². The molecule has 1 atom stereocenters. The molecular weight excluding hydrogens is 459 g/mol. The van der Waals surface area contributed by atoms with Crippen molar-refractivity contribution in [1.29, 1.82) is 10.5 Å². The van der Waals surface area contributed by atoms with E-state index in [-0.39, 0.29) is 11.7 Å². The molecule has 0 saturated carbocycles. The Hall–Kier alpha value is -2.85. The van der Waals surface area contributed by atoms with Crippen molar-refractivity contribution in [2.24, 2.45) is 5.73 Å². The van der Waals surface area contributed by atoms with Gasteiger partial charge in [-0.25, -0.2) is 0 Å². The molecule has 0 amide bonds. The monoisotopic (exact) mass is 478 g/mol. The molecule has 0 unspecified atom stereocenters. The number of oxazole rings is 1. The average molecular weight is 478 g/mol. The zero-order valence-corrected chi connectivity index (χ0v) is 17.4. The van der Waals surface area contributed by atoms with Crippen LogP contribution in [0.25, 0.3) is 0 Å². The quantitative estimate of drug-likeness (QED) is 0.366. The van der Waals surface area contributed by atoms with Crippen LogP contribution >= 0.6 is 20.2 Å². The molecule has 7 nitrogen and oxygen atoms in total. The number of aryl methyl sites for hydroxylation is 1. The molecular formula is C19H19IN4O3. The fourth-order valence-corrected chi connectivity index (χ4v) is 6.03. The zero-order chi connectivity index (χ0) is 20.0. The van der Waals surface area contributed by atoms with Crippen molar-refractivity contribution in [2.75, 3.05) is 0 Å². The van der Waals surface area contributed by atoms with Gasteiger partial charge in [0.2, 0.25) is 0 Å². The number of carbonyl (C=O) groups excluding carboxylic acids is 1. The first-order valence-electron chi connectivity index (χ1n) is 8.04. The first kappa shape index (κ1) is 20.5. The van der Waals surface area contributed by atoms with E-state index in [1.54, 1.807) is 13.8 Å². The van der Waals surface area contributed by atoms with Crippen LogP contribution in [0.3, 0.4) is 0 Å². The first-order chi connectivity index (χ1) is 12.9. The Labute approximate surface area is 165 Å². The first-order valence-corrected chi connectivity index (χ1v) is 11.1. The van der Waals surface area contributed by atoms with E-state index < -0.39 is 20.2 Å². The van der Waals surface area contributed by atoms with Gasteiger partial charge in [-0.3, -0.25) is 0 Å². The second-order valence-electron chi connectivity index (χ2n) is 5.86. The molecule has 1 heterocycles. The van der Waals surface area contributed by atoms with E-state index in [0.717, 1.165) is 9.13 Å². The summed E-state index contributed by atoms with van der Waals surface area (Å²) in [4.78, 5) is 15.3. The minimum atomic E-state index is -2.69. The van der Waals surface area contributed by atoms with Gasteiger partial charge in [-0.2, -0.15) is 0 Å². The third kappa shape index (κ3) is 4.86. The van der Waals surface area contributed by atoms with Gasteiger partial charge in [0.15, 0.2) is 0 Å². The van der Waals surface area contributed by atoms with Crippen molar-refractivity contribution in [3.8, 4) is 12.1 Å². The Morgan fingerprint density at radius 1 is 1.48 bits per heavy atom. The number of hydrogen-bond acceptors (Lipinski definition) is 7. The van der Waals surface area contributed by atoms with Gasteiger partial charge >= 0.3 is 165 Å². The molecule has 0 aliphatic heterocycles. The maximum atomic E-state index is 10.9. The number of benzene rings is 1. The van der Waals surface area contributed by atoms with Crippen LogP contribution in [0, 0.1) is 33.2 Å². The molecule has 140 valence electrons. The molecule has 0 bridgehead atoms. The number of carbonyl (C=O) groups is 1. The third-order valence-electron chi connectivity index (χ3n) is 3.71. The number of allylic oxidation sites excluding steroid dienone is 2. The molecule has 0 spiro atoms. The zero-order valence-electron chi connectivity index (χ0n) is 15.2. The van der Waals surface area contributed by atoms with Crippen molar-refractivity contribution in [3.63, 3.8) is 0 Å². The second kappa shape index (κ2) is 9.19. The summed E-state index contributed by atoms with van der Waals surface area (Å²) in [5.41, 5.74) is 7.71. The molecule has 0 aliphatic rings. The summed E-state index contributed by atoms with van der Waals surface area (Å²) in [6, 6.07) is 11.6. The Balaban J connectivity index is 2.30. The molecule has 2 rings (SSSR count). The number of rotatable bonds is 7. The fourth-order valence-electron chi connectivity index (χ4n) is 2.45. The summed E-state index contributed by atoms with van der Waals surface area (Å²) >= 11 is -2.69. The molecule has 2 N–H and O–H groups in total. The Kier molecular flexibility index (Phi) is 6.97. The third-order valence-corrected chi connectivity index (χ3v) is 8.30. The van der Waals surface area contributed by atoms with Gasteiger partial charge in [-0.1, -0.05) is 0 Å². The van der Waals surface area contributed by atoms with Crippen molar-refractivity contribution in [2.45, 2.75) is 33.1 Å². The van der Waals surface area contributed by atoms with E-state index in [9.17, 15) is 10.1 Å². The number of aromatic nitrogens is 1. The predicted octanol–water partition coefficient (Wildman–Crippen LogP) is 3.68. The van der Waals surface area contributed by atoms with E-state index in [1.807, 2.05) is 37.3 Å². The average Bonchev–Trinajstić information content (AvgIpc) is 3.02. The van der Waals surface area contributed by atoms with Crippen LogP contribution in [0.5, 0.6) is 0 Å². The molecule has 1 aromatic carbocycles. The summed E-state index contributed by atoms with van der Waals surface area (Å²) < 4.78 is 11.9. The molecule has 8 heteroatoms. The molecule has 0 aliphatic carbocycles. The Morgan fingerprint density at radius 3 is 2.78 bits per heavy atom. The van der Waals surface area contributed by atoms with E-state index in [4.69, 9.17) is 18.5 Å². The second-order valence-corrected chi connectivity index (χ2v) is 10.1. The van der Waals surface area contributed by atoms with E-state index in [1.165, 1.54) is 0 Å². The summed E-state index contributed by atoms with van der Waals surface area (Å²) in [6.07, 6.45) is 0.622. The maximum absolute atomic E-state index is 10.9. The van der Waals surface area contributed by atoms with Crippen molar-refractivity contribution in [3.05, 3.63) is 60.0 Å². The van der Waals surface area contributed by atoms with E-state index >= 15 is 0 Å². The molecule has 0 saturated heterocycles. The summed E-state index contributed by atoms with van der Waals surface area (Å²) in [5, 5.41) is 18.4. The summed E-state index contributed by atoms with van der Waals surface area (Å²) in [5.74, 6) is 0.683. The van der Waals surface area contributed by atoms with Crippen LogP contribution < -0.4 is 5.73 Å². The number of nitrogens with zero attached hydrogens (tertiary/aromatic N) is 3.